The summed E-state index contributed by atoms with van der Waals surface area (Å²) in [6.45, 7) is 0. The molecule has 11 rings (SSSR count). The molecule has 58 heavy (non-hydrogen) atoms. The van der Waals surface area contributed by atoms with Crippen LogP contribution < -0.4 is 0 Å². The third kappa shape index (κ3) is 5.98. The standard InChI is InChI=1S/C55H35N3/c1-3-14-36(15-4-1)42-22-13-23-45(34-42)54-56-53(39-18-5-2-6-19-39)57-55(58-54)46-30-31-49-50(35-46)52(44-29-27-38-17-8-10-21-41(38)33-44)48-25-12-11-24-47(48)51(49)43-28-26-37-16-7-9-20-40(37)32-43/h1-35H. The van der Waals surface area contributed by atoms with Crippen molar-refractivity contribution in [2.75, 3.05) is 0 Å². The maximum atomic E-state index is 5.24. The van der Waals surface area contributed by atoms with E-state index in [1.807, 2.05) is 24.3 Å². The molecule has 0 unspecified atom stereocenters. The Balaban J connectivity index is 1.18. The van der Waals surface area contributed by atoms with Gasteiger partial charge in [0, 0.05) is 16.7 Å². The highest BCUT2D eigenvalue weighted by atomic mass is 15.0. The van der Waals surface area contributed by atoms with E-state index in [0.29, 0.717) is 17.5 Å². The molecule has 0 radical (unpaired) electrons. The molecule has 0 atom stereocenters. The molecule has 3 heteroatoms. The van der Waals surface area contributed by atoms with Crippen LogP contribution in [0, 0.1) is 0 Å². The van der Waals surface area contributed by atoms with Crippen molar-refractivity contribution < 1.29 is 0 Å². The molecule has 10 aromatic carbocycles. The van der Waals surface area contributed by atoms with E-state index in [9.17, 15) is 0 Å². The largest absolute Gasteiger partial charge is 0.208 e. The Morgan fingerprint density at radius 1 is 0.207 bits per heavy atom. The second-order valence-corrected chi connectivity index (χ2v) is 14.8. The zero-order valence-electron chi connectivity index (χ0n) is 31.5. The fourth-order valence-corrected chi connectivity index (χ4v) is 8.45. The second kappa shape index (κ2) is 14.1. The fourth-order valence-electron chi connectivity index (χ4n) is 8.45. The van der Waals surface area contributed by atoms with Crippen LogP contribution in [0.25, 0.3) is 111 Å². The summed E-state index contributed by atoms with van der Waals surface area (Å²) in [5.74, 6) is 1.89. The van der Waals surface area contributed by atoms with Gasteiger partial charge in [-0.05, 0) is 101 Å². The SMILES string of the molecule is c1ccc(-c2cccc(-c3nc(-c4ccccc4)nc(-c4ccc5c(-c6ccc7ccccc7c6)c6ccccc6c(-c6ccc7ccccc7c6)c5c4)n3)c2)cc1. The Kier molecular flexibility index (Phi) is 8.15. The van der Waals surface area contributed by atoms with Crippen LogP contribution >= 0.6 is 0 Å². The van der Waals surface area contributed by atoms with Crippen molar-refractivity contribution >= 4 is 43.1 Å². The molecular weight excluding hydrogens is 703 g/mol. The third-order valence-electron chi connectivity index (χ3n) is 11.3. The summed E-state index contributed by atoms with van der Waals surface area (Å²) >= 11 is 0. The minimum Gasteiger partial charge on any atom is -0.208 e. The van der Waals surface area contributed by atoms with Crippen LogP contribution in [0.2, 0.25) is 0 Å². The smallest absolute Gasteiger partial charge is 0.164 e. The first-order valence-electron chi connectivity index (χ1n) is 19.7. The van der Waals surface area contributed by atoms with Crippen molar-refractivity contribution in [3.8, 4) is 67.5 Å². The van der Waals surface area contributed by atoms with Gasteiger partial charge in [-0.25, -0.2) is 15.0 Å². The molecule has 270 valence electrons. The van der Waals surface area contributed by atoms with Gasteiger partial charge in [0.25, 0.3) is 0 Å². The normalized spacial score (nSPS) is 11.4. The van der Waals surface area contributed by atoms with E-state index >= 15 is 0 Å². The van der Waals surface area contributed by atoms with Gasteiger partial charge in [-0.15, -0.1) is 0 Å². The monoisotopic (exact) mass is 737 g/mol. The van der Waals surface area contributed by atoms with Gasteiger partial charge in [0.2, 0.25) is 0 Å². The molecule has 1 aromatic heterocycles. The maximum Gasteiger partial charge on any atom is 0.164 e. The first-order valence-corrected chi connectivity index (χ1v) is 19.7. The highest BCUT2D eigenvalue weighted by Gasteiger charge is 2.20. The van der Waals surface area contributed by atoms with Crippen LogP contribution in [0.5, 0.6) is 0 Å². The highest BCUT2D eigenvalue weighted by Crippen LogP contribution is 2.45. The number of hydrogen-bond acceptors (Lipinski definition) is 3. The summed E-state index contributed by atoms with van der Waals surface area (Å²) in [5, 5.41) is 9.60. The number of fused-ring (bicyclic) bond motifs is 4. The van der Waals surface area contributed by atoms with Gasteiger partial charge in [-0.1, -0.05) is 188 Å². The number of benzene rings is 10. The van der Waals surface area contributed by atoms with Crippen molar-refractivity contribution in [2.24, 2.45) is 0 Å². The molecule has 11 aromatic rings. The van der Waals surface area contributed by atoms with E-state index < -0.39 is 0 Å². The van der Waals surface area contributed by atoms with Crippen LogP contribution in [-0.2, 0) is 0 Å². The van der Waals surface area contributed by atoms with Crippen molar-refractivity contribution in [2.45, 2.75) is 0 Å². The van der Waals surface area contributed by atoms with Gasteiger partial charge in [-0.2, -0.15) is 0 Å². The summed E-state index contributed by atoms with van der Waals surface area (Å²) in [6.07, 6.45) is 0. The van der Waals surface area contributed by atoms with Crippen molar-refractivity contribution in [3.05, 3.63) is 212 Å². The first kappa shape index (κ1) is 33.6. The average molecular weight is 738 g/mol. The van der Waals surface area contributed by atoms with Gasteiger partial charge < -0.3 is 0 Å². The molecule has 1 heterocycles. The molecule has 0 amide bonds. The van der Waals surface area contributed by atoms with E-state index in [1.54, 1.807) is 0 Å². The van der Waals surface area contributed by atoms with Crippen LogP contribution in [-0.4, -0.2) is 15.0 Å². The second-order valence-electron chi connectivity index (χ2n) is 14.8. The minimum atomic E-state index is 0.626. The van der Waals surface area contributed by atoms with E-state index in [1.165, 1.54) is 60.0 Å². The Morgan fingerprint density at radius 2 is 0.621 bits per heavy atom. The predicted octanol–water partition coefficient (Wildman–Crippen LogP) is 14.5. The Morgan fingerprint density at radius 3 is 1.22 bits per heavy atom. The molecule has 0 fully saturated rings. The zero-order valence-corrected chi connectivity index (χ0v) is 31.5. The number of aromatic nitrogens is 3. The molecule has 0 saturated carbocycles. The Labute approximate surface area is 336 Å². The van der Waals surface area contributed by atoms with Crippen LogP contribution in [0.3, 0.4) is 0 Å². The van der Waals surface area contributed by atoms with Gasteiger partial charge in [0.05, 0.1) is 0 Å². The summed E-state index contributed by atoms with van der Waals surface area (Å²) in [7, 11) is 0. The summed E-state index contributed by atoms with van der Waals surface area (Å²) in [4.78, 5) is 15.5. The number of rotatable bonds is 6. The molecule has 0 aliphatic carbocycles. The first-order chi connectivity index (χ1) is 28.7. The Hall–Kier alpha value is -7.75. The quantitative estimate of drug-likeness (QED) is 0.160. The lowest BCUT2D eigenvalue weighted by Crippen LogP contribution is -2.00. The zero-order chi connectivity index (χ0) is 38.4. The van der Waals surface area contributed by atoms with E-state index in [4.69, 9.17) is 15.0 Å². The predicted molar refractivity (Wildman–Crippen MR) is 242 cm³/mol. The molecule has 0 saturated heterocycles. The fraction of sp³-hybridized carbons (Fsp3) is 0. The van der Waals surface area contributed by atoms with E-state index in [0.717, 1.165) is 33.2 Å². The van der Waals surface area contributed by atoms with Crippen molar-refractivity contribution in [1.82, 2.24) is 15.0 Å². The average Bonchev–Trinajstić information content (AvgIpc) is 3.30. The highest BCUT2D eigenvalue weighted by molar-refractivity contribution is 6.22. The third-order valence-corrected chi connectivity index (χ3v) is 11.3. The Bertz CT molecular complexity index is 3340. The van der Waals surface area contributed by atoms with Gasteiger partial charge in [-0.3, -0.25) is 0 Å². The van der Waals surface area contributed by atoms with E-state index in [-0.39, 0.29) is 0 Å². The van der Waals surface area contributed by atoms with Gasteiger partial charge in [0.15, 0.2) is 17.5 Å². The molecule has 3 nitrogen and oxygen atoms in total. The lowest BCUT2D eigenvalue weighted by Gasteiger charge is -2.19. The number of nitrogens with zero attached hydrogens (tertiary/aromatic N) is 3. The summed E-state index contributed by atoms with van der Waals surface area (Å²) in [6, 6.07) is 75.5. The lowest BCUT2D eigenvalue weighted by atomic mass is 9.84. The van der Waals surface area contributed by atoms with Crippen LogP contribution in [0.1, 0.15) is 0 Å². The van der Waals surface area contributed by atoms with Gasteiger partial charge in [0.1, 0.15) is 0 Å². The van der Waals surface area contributed by atoms with Crippen molar-refractivity contribution in [3.63, 3.8) is 0 Å². The summed E-state index contributed by atoms with van der Waals surface area (Å²) in [5.41, 5.74) is 9.81. The molecule has 0 N–H and O–H groups in total. The van der Waals surface area contributed by atoms with Crippen LogP contribution in [0.15, 0.2) is 212 Å². The topological polar surface area (TPSA) is 38.7 Å². The summed E-state index contributed by atoms with van der Waals surface area (Å²) < 4.78 is 0. The van der Waals surface area contributed by atoms with E-state index in [2.05, 4.69) is 188 Å². The maximum absolute atomic E-state index is 5.24. The van der Waals surface area contributed by atoms with Gasteiger partial charge >= 0.3 is 0 Å². The molecule has 0 aliphatic rings. The minimum absolute atomic E-state index is 0.626. The lowest BCUT2D eigenvalue weighted by molar-refractivity contribution is 1.07. The number of hydrogen-bond donors (Lipinski definition) is 0. The van der Waals surface area contributed by atoms with Crippen LogP contribution in [0.4, 0.5) is 0 Å². The van der Waals surface area contributed by atoms with Crippen molar-refractivity contribution in [1.29, 1.82) is 0 Å². The molecule has 0 bridgehead atoms. The molecule has 0 aliphatic heterocycles. The molecule has 0 spiro atoms. The molecular formula is C55H35N3.